The Bertz CT molecular complexity index is 278. The van der Waals surface area contributed by atoms with Gasteiger partial charge in [0, 0.05) is 12.7 Å². The summed E-state index contributed by atoms with van der Waals surface area (Å²) < 4.78 is 22.6. The van der Waals surface area contributed by atoms with Crippen molar-refractivity contribution in [3.8, 4) is 5.75 Å². The number of halogens is 1. The molecule has 0 saturated heterocycles. The van der Waals surface area contributed by atoms with Gasteiger partial charge in [0.2, 0.25) is 0 Å². The van der Waals surface area contributed by atoms with Crippen LogP contribution in [-0.2, 0) is 4.74 Å². The van der Waals surface area contributed by atoms with Crippen molar-refractivity contribution >= 4 is 5.69 Å². The van der Waals surface area contributed by atoms with Crippen molar-refractivity contribution in [3.05, 3.63) is 24.0 Å². The first-order valence-electron chi connectivity index (χ1n) is 3.99. The normalized spacial score (nSPS) is 10.0. The van der Waals surface area contributed by atoms with Gasteiger partial charge in [-0.05, 0) is 19.1 Å². The van der Waals surface area contributed by atoms with E-state index in [2.05, 4.69) is 0 Å². The summed E-state index contributed by atoms with van der Waals surface area (Å²) >= 11 is 0. The molecule has 1 rings (SSSR count). The van der Waals surface area contributed by atoms with Crippen LogP contribution in [0.25, 0.3) is 0 Å². The second-order valence-electron chi connectivity index (χ2n) is 2.44. The van der Waals surface area contributed by atoms with Gasteiger partial charge < -0.3 is 15.2 Å². The number of hydrogen-bond acceptors (Lipinski definition) is 3. The first kappa shape index (κ1) is 9.80. The Morgan fingerprint density at radius 1 is 1.46 bits per heavy atom. The summed E-state index contributed by atoms with van der Waals surface area (Å²) in [4.78, 5) is 0. The van der Waals surface area contributed by atoms with Gasteiger partial charge in [-0.1, -0.05) is 0 Å². The molecule has 0 fully saturated rings. The lowest BCUT2D eigenvalue weighted by Crippen LogP contribution is -2.04. The van der Waals surface area contributed by atoms with Crippen molar-refractivity contribution < 1.29 is 13.9 Å². The summed E-state index contributed by atoms with van der Waals surface area (Å²) in [7, 11) is 0. The molecule has 0 bridgehead atoms. The number of rotatable bonds is 4. The molecule has 0 radical (unpaired) electrons. The molecule has 0 saturated carbocycles. The van der Waals surface area contributed by atoms with Crippen LogP contribution in [0.5, 0.6) is 5.75 Å². The van der Waals surface area contributed by atoms with Crippen LogP contribution >= 0.6 is 0 Å². The fraction of sp³-hybridized carbons (Fsp3) is 0.333. The number of hydrogen-bond donors (Lipinski definition) is 1. The van der Waals surface area contributed by atoms with E-state index in [1.165, 1.54) is 18.2 Å². The van der Waals surface area contributed by atoms with Gasteiger partial charge in [-0.15, -0.1) is 0 Å². The predicted molar refractivity (Wildman–Crippen MR) is 47.9 cm³/mol. The molecular weight excluding hydrogens is 173 g/mol. The third kappa shape index (κ3) is 2.91. The van der Waals surface area contributed by atoms with E-state index in [-0.39, 0.29) is 18.3 Å². The van der Waals surface area contributed by atoms with Crippen molar-refractivity contribution in [3.63, 3.8) is 0 Å². The highest BCUT2D eigenvalue weighted by molar-refractivity contribution is 5.52. The smallest absolute Gasteiger partial charge is 0.189 e. The minimum Gasteiger partial charge on any atom is -0.465 e. The molecule has 0 unspecified atom stereocenters. The molecule has 0 aromatic heterocycles. The van der Waals surface area contributed by atoms with Crippen LogP contribution in [0.2, 0.25) is 0 Å². The molecule has 2 N–H and O–H groups in total. The molecule has 72 valence electrons. The molecule has 13 heavy (non-hydrogen) atoms. The van der Waals surface area contributed by atoms with Crippen molar-refractivity contribution in [1.82, 2.24) is 0 Å². The van der Waals surface area contributed by atoms with Crippen LogP contribution in [0.3, 0.4) is 0 Å². The molecule has 1 aromatic rings. The molecular formula is C9H12FNO2. The summed E-state index contributed by atoms with van der Waals surface area (Å²) in [5, 5.41) is 0. The molecule has 0 aliphatic heterocycles. The quantitative estimate of drug-likeness (QED) is 0.441. The third-order valence-electron chi connectivity index (χ3n) is 1.47. The third-order valence-corrected chi connectivity index (χ3v) is 1.47. The molecule has 0 aliphatic rings. The van der Waals surface area contributed by atoms with Crippen LogP contribution in [0.1, 0.15) is 6.92 Å². The average molecular weight is 185 g/mol. The Morgan fingerprint density at radius 2 is 2.23 bits per heavy atom. The summed E-state index contributed by atoms with van der Waals surface area (Å²) in [5.41, 5.74) is 5.76. The topological polar surface area (TPSA) is 44.5 Å². The number of nitrogens with two attached hydrogens (primary N) is 1. The van der Waals surface area contributed by atoms with Crippen molar-refractivity contribution in [2.24, 2.45) is 0 Å². The number of benzene rings is 1. The molecule has 0 aliphatic carbocycles. The fourth-order valence-electron chi connectivity index (χ4n) is 0.839. The van der Waals surface area contributed by atoms with E-state index in [0.717, 1.165) is 0 Å². The van der Waals surface area contributed by atoms with Crippen molar-refractivity contribution in [1.29, 1.82) is 0 Å². The first-order chi connectivity index (χ1) is 6.24. The van der Waals surface area contributed by atoms with E-state index in [4.69, 9.17) is 15.2 Å². The fourth-order valence-corrected chi connectivity index (χ4v) is 0.839. The van der Waals surface area contributed by atoms with Gasteiger partial charge in [0.15, 0.2) is 6.79 Å². The van der Waals surface area contributed by atoms with E-state index in [1.807, 2.05) is 6.92 Å². The molecule has 4 heteroatoms. The van der Waals surface area contributed by atoms with Gasteiger partial charge in [0.05, 0.1) is 5.69 Å². The van der Waals surface area contributed by atoms with Gasteiger partial charge in [-0.25, -0.2) is 4.39 Å². The van der Waals surface area contributed by atoms with Gasteiger partial charge in [0.1, 0.15) is 11.6 Å². The predicted octanol–water partition coefficient (Wildman–Crippen LogP) is 1.78. The lowest BCUT2D eigenvalue weighted by atomic mass is 10.3. The van der Waals surface area contributed by atoms with E-state index < -0.39 is 0 Å². The van der Waals surface area contributed by atoms with E-state index >= 15 is 0 Å². The van der Waals surface area contributed by atoms with Gasteiger partial charge in [0.25, 0.3) is 0 Å². The molecule has 1 aromatic carbocycles. The zero-order valence-corrected chi connectivity index (χ0v) is 7.42. The van der Waals surface area contributed by atoms with E-state index in [1.54, 1.807) is 0 Å². The van der Waals surface area contributed by atoms with Gasteiger partial charge in [-0.2, -0.15) is 0 Å². The maximum atomic E-state index is 12.6. The summed E-state index contributed by atoms with van der Waals surface area (Å²) in [6.45, 7) is 2.56. The molecule has 0 amide bonds. The Labute approximate surface area is 76.3 Å². The van der Waals surface area contributed by atoms with Gasteiger partial charge >= 0.3 is 0 Å². The zero-order valence-electron chi connectivity index (χ0n) is 7.42. The second-order valence-corrected chi connectivity index (χ2v) is 2.44. The van der Waals surface area contributed by atoms with Crippen LogP contribution in [0.15, 0.2) is 18.2 Å². The van der Waals surface area contributed by atoms with Gasteiger partial charge in [-0.3, -0.25) is 0 Å². The second kappa shape index (κ2) is 4.67. The SMILES string of the molecule is CCOCOc1ccc(F)cc1N. The minimum absolute atomic E-state index is 0.131. The highest BCUT2D eigenvalue weighted by Crippen LogP contribution is 2.21. The van der Waals surface area contributed by atoms with E-state index in [0.29, 0.717) is 12.4 Å². The average Bonchev–Trinajstić information content (AvgIpc) is 2.09. The van der Waals surface area contributed by atoms with Crippen LogP contribution in [0, 0.1) is 5.82 Å². The molecule has 0 heterocycles. The standard InChI is InChI=1S/C9H12FNO2/c1-2-12-6-13-9-4-3-7(10)5-8(9)11/h3-5H,2,6,11H2,1H3. The number of nitrogen functional groups attached to an aromatic ring is 1. The summed E-state index contributed by atoms with van der Waals surface area (Å²) in [6.07, 6.45) is 0. The van der Waals surface area contributed by atoms with E-state index in [9.17, 15) is 4.39 Å². The lowest BCUT2D eigenvalue weighted by molar-refractivity contribution is 0.0228. The van der Waals surface area contributed by atoms with Crippen molar-refractivity contribution in [2.75, 3.05) is 19.1 Å². The summed E-state index contributed by atoms with van der Waals surface area (Å²) in [6, 6.07) is 3.97. The molecule has 0 atom stereocenters. The number of anilines is 1. The molecule has 0 spiro atoms. The highest BCUT2D eigenvalue weighted by Gasteiger charge is 2.00. The Morgan fingerprint density at radius 3 is 2.85 bits per heavy atom. The van der Waals surface area contributed by atoms with Crippen LogP contribution < -0.4 is 10.5 Å². The highest BCUT2D eigenvalue weighted by atomic mass is 19.1. The Balaban J connectivity index is 2.56. The first-order valence-corrected chi connectivity index (χ1v) is 3.99. The van der Waals surface area contributed by atoms with Crippen molar-refractivity contribution in [2.45, 2.75) is 6.92 Å². The Kier molecular flexibility index (Phi) is 3.52. The molecule has 3 nitrogen and oxygen atoms in total. The number of ether oxygens (including phenoxy) is 2. The largest absolute Gasteiger partial charge is 0.465 e. The maximum Gasteiger partial charge on any atom is 0.189 e. The summed E-state index contributed by atoms with van der Waals surface area (Å²) in [5.74, 6) is 0.0658. The van der Waals surface area contributed by atoms with Crippen LogP contribution in [-0.4, -0.2) is 13.4 Å². The maximum absolute atomic E-state index is 12.6. The minimum atomic E-state index is -0.374. The zero-order chi connectivity index (χ0) is 9.68. The lowest BCUT2D eigenvalue weighted by Gasteiger charge is -2.07. The van der Waals surface area contributed by atoms with Crippen LogP contribution in [0.4, 0.5) is 10.1 Å². The monoisotopic (exact) mass is 185 g/mol. The Hall–Kier alpha value is -1.29.